The largest absolute Gasteiger partial charge is 0.494 e. The number of benzene rings is 1. The summed E-state index contributed by atoms with van der Waals surface area (Å²) in [5.41, 5.74) is 0. The van der Waals surface area contributed by atoms with Crippen LogP contribution in [0.15, 0.2) is 24.3 Å². The normalized spacial score (nSPS) is 15.7. The Balaban J connectivity index is 0.00000264. The molecule has 6 heteroatoms. The summed E-state index contributed by atoms with van der Waals surface area (Å²) in [5.74, 6) is 0.452. The molecule has 0 spiro atoms. The Labute approximate surface area is 143 Å². The van der Waals surface area contributed by atoms with Crippen LogP contribution in [0.3, 0.4) is 0 Å². The van der Waals surface area contributed by atoms with Crippen molar-refractivity contribution in [1.29, 1.82) is 0 Å². The van der Waals surface area contributed by atoms with Crippen molar-refractivity contribution < 1.29 is 18.7 Å². The molecule has 0 saturated carbocycles. The molecule has 1 fully saturated rings. The number of ether oxygens (including phenoxy) is 2. The molecular formula is C17H25ClFNO3. The molecule has 0 bridgehead atoms. The lowest BCUT2D eigenvalue weighted by atomic mass is 9.97. The topological polar surface area (TPSA) is 38.8 Å². The molecule has 0 atom stereocenters. The van der Waals surface area contributed by atoms with Gasteiger partial charge in [-0.05, 0) is 63.5 Å². The summed E-state index contributed by atoms with van der Waals surface area (Å²) in [6.07, 6.45) is 2.66. The van der Waals surface area contributed by atoms with Crippen LogP contribution in [0.5, 0.6) is 5.75 Å². The molecule has 1 heterocycles. The maximum absolute atomic E-state index is 12.8. The molecule has 0 N–H and O–H groups in total. The standard InChI is InChI=1S/C17H24FNO3.ClH/c1-2-21-17(20)14-8-11-19(12-9-14)10-3-13-22-16-6-4-15(18)5-7-16;/h4-7,14H,2-3,8-13H2,1H3;1H. The van der Waals surface area contributed by atoms with Crippen molar-refractivity contribution in [3.63, 3.8) is 0 Å². The number of nitrogens with zero attached hydrogens (tertiary/aromatic N) is 1. The van der Waals surface area contributed by atoms with Crippen LogP contribution in [0.25, 0.3) is 0 Å². The van der Waals surface area contributed by atoms with Gasteiger partial charge in [0.05, 0.1) is 19.1 Å². The Bertz CT molecular complexity index is 461. The zero-order valence-corrected chi connectivity index (χ0v) is 14.3. The minimum absolute atomic E-state index is 0. The molecule has 23 heavy (non-hydrogen) atoms. The molecule has 0 radical (unpaired) electrons. The van der Waals surface area contributed by atoms with E-state index in [0.29, 0.717) is 19.0 Å². The first-order valence-electron chi connectivity index (χ1n) is 7.96. The number of halogens is 2. The monoisotopic (exact) mass is 345 g/mol. The molecule has 1 aromatic carbocycles. The number of esters is 1. The Morgan fingerprint density at radius 1 is 1.26 bits per heavy atom. The van der Waals surface area contributed by atoms with Crippen molar-refractivity contribution in [2.45, 2.75) is 26.2 Å². The maximum atomic E-state index is 12.8. The van der Waals surface area contributed by atoms with Gasteiger partial charge >= 0.3 is 5.97 Å². The summed E-state index contributed by atoms with van der Waals surface area (Å²) >= 11 is 0. The molecule has 1 aliphatic heterocycles. The highest BCUT2D eigenvalue weighted by molar-refractivity contribution is 5.85. The van der Waals surface area contributed by atoms with Crippen molar-refractivity contribution in [2.75, 3.05) is 32.8 Å². The summed E-state index contributed by atoms with van der Waals surface area (Å²) in [6.45, 7) is 5.73. The first kappa shape index (κ1) is 19.7. The van der Waals surface area contributed by atoms with E-state index in [-0.39, 0.29) is 30.1 Å². The SMILES string of the molecule is CCOC(=O)C1CCN(CCCOc2ccc(F)cc2)CC1.Cl. The van der Waals surface area contributed by atoms with Crippen molar-refractivity contribution >= 4 is 18.4 Å². The second-order valence-electron chi connectivity index (χ2n) is 5.52. The van der Waals surface area contributed by atoms with Gasteiger partial charge < -0.3 is 14.4 Å². The Kier molecular flexibility index (Phi) is 8.95. The molecular weight excluding hydrogens is 321 g/mol. The van der Waals surface area contributed by atoms with E-state index in [1.807, 2.05) is 6.92 Å². The zero-order valence-electron chi connectivity index (χ0n) is 13.5. The summed E-state index contributed by atoms with van der Waals surface area (Å²) in [6, 6.07) is 6.07. The molecule has 0 unspecified atom stereocenters. The summed E-state index contributed by atoms with van der Waals surface area (Å²) in [5, 5.41) is 0. The number of piperidine rings is 1. The second-order valence-corrected chi connectivity index (χ2v) is 5.52. The minimum atomic E-state index is -0.253. The highest BCUT2D eigenvalue weighted by Gasteiger charge is 2.25. The number of carbonyl (C=O) groups is 1. The van der Waals surface area contributed by atoms with Crippen LogP contribution >= 0.6 is 12.4 Å². The van der Waals surface area contributed by atoms with Crippen molar-refractivity contribution in [1.82, 2.24) is 4.90 Å². The highest BCUT2D eigenvalue weighted by Crippen LogP contribution is 2.19. The van der Waals surface area contributed by atoms with E-state index in [9.17, 15) is 9.18 Å². The lowest BCUT2D eigenvalue weighted by Crippen LogP contribution is -2.37. The van der Waals surface area contributed by atoms with Gasteiger partial charge in [0.1, 0.15) is 11.6 Å². The van der Waals surface area contributed by atoms with Crippen LogP contribution in [0, 0.1) is 11.7 Å². The number of carbonyl (C=O) groups excluding carboxylic acids is 1. The minimum Gasteiger partial charge on any atom is -0.494 e. The first-order valence-corrected chi connectivity index (χ1v) is 7.96. The first-order chi connectivity index (χ1) is 10.7. The molecule has 0 aromatic heterocycles. The van der Waals surface area contributed by atoms with E-state index in [4.69, 9.17) is 9.47 Å². The van der Waals surface area contributed by atoms with Gasteiger partial charge in [-0.15, -0.1) is 12.4 Å². The predicted molar refractivity (Wildman–Crippen MR) is 89.6 cm³/mol. The Morgan fingerprint density at radius 2 is 1.91 bits per heavy atom. The van der Waals surface area contributed by atoms with E-state index in [1.165, 1.54) is 12.1 Å². The van der Waals surface area contributed by atoms with Gasteiger partial charge in [0, 0.05) is 6.54 Å². The number of hydrogen-bond donors (Lipinski definition) is 0. The second kappa shape index (κ2) is 10.4. The fraction of sp³-hybridized carbons (Fsp3) is 0.588. The highest BCUT2D eigenvalue weighted by atomic mass is 35.5. The van der Waals surface area contributed by atoms with Crippen LogP contribution in [0.2, 0.25) is 0 Å². The van der Waals surface area contributed by atoms with E-state index in [0.717, 1.165) is 38.9 Å². The zero-order chi connectivity index (χ0) is 15.8. The number of hydrogen-bond acceptors (Lipinski definition) is 4. The smallest absolute Gasteiger partial charge is 0.309 e. The van der Waals surface area contributed by atoms with Gasteiger partial charge in [0.15, 0.2) is 0 Å². The van der Waals surface area contributed by atoms with Gasteiger partial charge in [-0.25, -0.2) is 4.39 Å². The summed E-state index contributed by atoms with van der Waals surface area (Å²) < 4.78 is 23.4. The molecule has 1 aliphatic rings. The number of rotatable bonds is 7. The van der Waals surface area contributed by atoms with E-state index < -0.39 is 0 Å². The fourth-order valence-electron chi connectivity index (χ4n) is 2.66. The lowest BCUT2D eigenvalue weighted by molar-refractivity contribution is -0.149. The average molecular weight is 346 g/mol. The van der Waals surface area contributed by atoms with Gasteiger partial charge in [-0.3, -0.25) is 4.79 Å². The van der Waals surface area contributed by atoms with Gasteiger partial charge in [0.25, 0.3) is 0 Å². The molecule has 1 aromatic rings. The summed E-state index contributed by atoms with van der Waals surface area (Å²) in [7, 11) is 0. The van der Waals surface area contributed by atoms with E-state index in [2.05, 4.69) is 4.90 Å². The van der Waals surface area contributed by atoms with Crippen LogP contribution in [-0.4, -0.2) is 43.7 Å². The molecule has 130 valence electrons. The quantitative estimate of drug-likeness (QED) is 0.561. The maximum Gasteiger partial charge on any atom is 0.309 e. The average Bonchev–Trinajstić information content (AvgIpc) is 2.54. The Hall–Kier alpha value is -1.33. The third kappa shape index (κ3) is 6.75. The van der Waals surface area contributed by atoms with Crippen molar-refractivity contribution in [3.8, 4) is 5.75 Å². The van der Waals surface area contributed by atoms with Gasteiger partial charge in [-0.1, -0.05) is 0 Å². The molecule has 0 aliphatic carbocycles. The molecule has 4 nitrogen and oxygen atoms in total. The van der Waals surface area contributed by atoms with Crippen molar-refractivity contribution in [3.05, 3.63) is 30.1 Å². The van der Waals surface area contributed by atoms with Crippen LogP contribution < -0.4 is 4.74 Å². The molecule has 1 saturated heterocycles. The van der Waals surface area contributed by atoms with E-state index in [1.54, 1.807) is 12.1 Å². The lowest BCUT2D eigenvalue weighted by Gasteiger charge is -2.30. The Morgan fingerprint density at radius 3 is 2.52 bits per heavy atom. The molecule has 2 rings (SSSR count). The van der Waals surface area contributed by atoms with Gasteiger partial charge in [-0.2, -0.15) is 0 Å². The number of likely N-dealkylation sites (tertiary alicyclic amines) is 1. The molecule has 0 amide bonds. The van der Waals surface area contributed by atoms with Gasteiger partial charge in [0.2, 0.25) is 0 Å². The van der Waals surface area contributed by atoms with E-state index >= 15 is 0 Å². The van der Waals surface area contributed by atoms with Crippen LogP contribution in [0.4, 0.5) is 4.39 Å². The predicted octanol–water partition coefficient (Wildman–Crippen LogP) is 3.29. The van der Waals surface area contributed by atoms with Crippen molar-refractivity contribution in [2.24, 2.45) is 5.92 Å². The van der Waals surface area contributed by atoms with Crippen LogP contribution in [0.1, 0.15) is 26.2 Å². The summed E-state index contributed by atoms with van der Waals surface area (Å²) in [4.78, 5) is 14.0. The fourth-order valence-corrected chi connectivity index (χ4v) is 2.66. The van der Waals surface area contributed by atoms with Crippen LogP contribution in [-0.2, 0) is 9.53 Å². The third-order valence-electron chi connectivity index (χ3n) is 3.91. The third-order valence-corrected chi connectivity index (χ3v) is 3.91.